The Balaban J connectivity index is 2.44. The molecule has 0 aromatic heterocycles. The predicted octanol–water partition coefficient (Wildman–Crippen LogP) is 2.15. The van der Waals surface area contributed by atoms with Crippen molar-refractivity contribution in [1.82, 2.24) is 10.2 Å². The van der Waals surface area contributed by atoms with Crippen LogP contribution in [0.1, 0.15) is 12.5 Å². The molecule has 0 unspecified atom stereocenters. The van der Waals surface area contributed by atoms with E-state index < -0.39 is 17.5 Å². The Hall–Kier alpha value is -1.07. The molecule has 0 bridgehead atoms. The van der Waals surface area contributed by atoms with Crippen molar-refractivity contribution in [1.29, 1.82) is 0 Å². The Kier molecular flexibility index (Phi) is 5.44. The molecule has 1 rings (SSSR count). The second-order valence-electron chi connectivity index (χ2n) is 3.93. The van der Waals surface area contributed by atoms with Crippen molar-refractivity contribution < 1.29 is 13.2 Å². The molecule has 0 radical (unpaired) electrons. The summed E-state index contributed by atoms with van der Waals surface area (Å²) in [6, 6.07) is 1.46. The third kappa shape index (κ3) is 4.36. The van der Waals surface area contributed by atoms with Crippen molar-refractivity contribution in [3.05, 3.63) is 35.1 Å². The zero-order chi connectivity index (χ0) is 12.8. The van der Waals surface area contributed by atoms with E-state index in [1.807, 2.05) is 14.0 Å². The summed E-state index contributed by atoms with van der Waals surface area (Å²) in [6.45, 7) is 4.65. The van der Waals surface area contributed by atoms with Gasteiger partial charge < -0.3 is 10.2 Å². The molecule has 0 fully saturated rings. The van der Waals surface area contributed by atoms with Gasteiger partial charge in [-0.1, -0.05) is 6.92 Å². The number of likely N-dealkylation sites (N-methyl/N-ethyl adjacent to an activating group) is 1. The average molecular weight is 246 g/mol. The van der Waals surface area contributed by atoms with Crippen LogP contribution in [0.4, 0.5) is 13.2 Å². The highest BCUT2D eigenvalue weighted by Gasteiger charge is 2.09. The number of benzene rings is 1. The lowest BCUT2D eigenvalue weighted by Gasteiger charge is -2.14. The average Bonchev–Trinajstić information content (AvgIpc) is 2.30. The van der Waals surface area contributed by atoms with Crippen molar-refractivity contribution >= 4 is 0 Å². The predicted molar refractivity (Wildman–Crippen MR) is 61.2 cm³/mol. The molecule has 2 nitrogen and oxygen atoms in total. The van der Waals surface area contributed by atoms with Crippen LogP contribution in [0.3, 0.4) is 0 Å². The van der Waals surface area contributed by atoms with Gasteiger partial charge in [0.15, 0.2) is 11.6 Å². The van der Waals surface area contributed by atoms with Crippen LogP contribution >= 0.6 is 0 Å². The minimum Gasteiger partial charge on any atom is -0.311 e. The van der Waals surface area contributed by atoms with Gasteiger partial charge in [0.25, 0.3) is 0 Å². The highest BCUT2D eigenvalue weighted by atomic mass is 19.2. The summed E-state index contributed by atoms with van der Waals surface area (Å²) in [6.07, 6.45) is 0. The molecule has 0 saturated heterocycles. The van der Waals surface area contributed by atoms with Crippen molar-refractivity contribution in [2.75, 3.05) is 26.7 Å². The number of nitrogens with one attached hydrogen (secondary N) is 1. The summed E-state index contributed by atoms with van der Waals surface area (Å²) in [4.78, 5) is 2.09. The summed E-state index contributed by atoms with van der Waals surface area (Å²) < 4.78 is 38.8. The van der Waals surface area contributed by atoms with Crippen LogP contribution in [0.2, 0.25) is 0 Å². The standard InChI is InChI=1S/C12H17F3N2/c1-3-17(2)5-4-16-8-9-6-11(14)12(15)7-10(9)13/h6-7,16H,3-5,8H2,1-2H3. The van der Waals surface area contributed by atoms with Gasteiger partial charge in [0, 0.05) is 31.3 Å². The lowest BCUT2D eigenvalue weighted by molar-refractivity contribution is 0.348. The van der Waals surface area contributed by atoms with Crippen LogP contribution in [0.15, 0.2) is 12.1 Å². The first-order valence-corrected chi connectivity index (χ1v) is 5.57. The molecule has 0 atom stereocenters. The molecule has 1 aromatic rings. The maximum atomic E-state index is 13.2. The van der Waals surface area contributed by atoms with Gasteiger partial charge in [-0.25, -0.2) is 13.2 Å². The third-order valence-corrected chi connectivity index (χ3v) is 2.61. The van der Waals surface area contributed by atoms with Crippen molar-refractivity contribution in [3.63, 3.8) is 0 Å². The van der Waals surface area contributed by atoms with Crippen LogP contribution < -0.4 is 5.32 Å². The summed E-state index contributed by atoms with van der Waals surface area (Å²) in [5.41, 5.74) is 0.142. The highest BCUT2D eigenvalue weighted by Crippen LogP contribution is 2.13. The van der Waals surface area contributed by atoms with Crippen molar-refractivity contribution in [2.24, 2.45) is 0 Å². The van der Waals surface area contributed by atoms with E-state index in [0.29, 0.717) is 12.6 Å². The van der Waals surface area contributed by atoms with Gasteiger partial charge >= 0.3 is 0 Å². The minimum atomic E-state index is -1.16. The van der Waals surface area contributed by atoms with Gasteiger partial charge in [0.2, 0.25) is 0 Å². The monoisotopic (exact) mass is 246 g/mol. The Morgan fingerprint density at radius 2 is 1.76 bits per heavy atom. The Bertz CT molecular complexity index is 369. The number of hydrogen-bond donors (Lipinski definition) is 1. The third-order valence-electron chi connectivity index (χ3n) is 2.61. The van der Waals surface area contributed by atoms with Crippen LogP contribution in [-0.2, 0) is 6.54 Å². The molecule has 0 aliphatic rings. The molecule has 96 valence electrons. The van der Waals surface area contributed by atoms with E-state index in [-0.39, 0.29) is 12.1 Å². The number of hydrogen-bond acceptors (Lipinski definition) is 2. The van der Waals surface area contributed by atoms with Crippen molar-refractivity contribution in [2.45, 2.75) is 13.5 Å². The molecule has 5 heteroatoms. The normalized spacial score (nSPS) is 11.2. The topological polar surface area (TPSA) is 15.3 Å². The molecule has 1 aromatic carbocycles. The molecule has 0 heterocycles. The van der Waals surface area contributed by atoms with Crippen molar-refractivity contribution in [3.8, 4) is 0 Å². The molecule has 1 N–H and O–H groups in total. The second-order valence-corrected chi connectivity index (χ2v) is 3.93. The molecular weight excluding hydrogens is 229 g/mol. The molecule has 0 aliphatic heterocycles. The van der Waals surface area contributed by atoms with Gasteiger partial charge in [0.1, 0.15) is 5.82 Å². The van der Waals surface area contributed by atoms with E-state index in [9.17, 15) is 13.2 Å². The Labute approximate surface area is 99.4 Å². The lowest BCUT2D eigenvalue weighted by Crippen LogP contribution is -2.29. The zero-order valence-corrected chi connectivity index (χ0v) is 10.1. The first-order chi connectivity index (χ1) is 8.04. The molecule has 0 aliphatic carbocycles. The minimum absolute atomic E-state index is 0.142. The van der Waals surface area contributed by atoms with Crippen LogP contribution in [0, 0.1) is 17.5 Å². The van der Waals surface area contributed by atoms with Crippen LogP contribution in [0.5, 0.6) is 0 Å². The number of halogens is 3. The largest absolute Gasteiger partial charge is 0.311 e. The maximum absolute atomic E-state index is 13.2. The zero-order valence-electron chi connectivity index (χ0n) is 10.1. The van der Waals surface area contributed by atoms with E-state index in [1.165, 1.54) is 0 Å². The van der Waals surface area contributed by atoms with Crippen LogP contribution in [-0.4, -0.2) is 31.6 Å². The quantitative estimate of drug-likeness (QED) is 0.611. The van der Waals surface area contributed by atoms with Gasteiger partial charge in [-0.05, 0) is 19.7 Å². The van der Waals surface area contributed by atoms with E-state index >= 15 is 0 Å². The smallest absolute Gasteiger partial charge is 0.161 e. The van der Waals surface area contributed by atoms with Gasteiger partial charge in [-0.15, -0.1) is 0 Å². The fraction of sp³-hybridized carbons (Fsp3) is 0.500. The Morgan fingerprint density at radius 3 is 2.41 bits per heavy atom. The van der Waals surface area contributed by atoms with E-state index in [4.69, 9.17) is 0 Å². The first-order valence-electron chi connectivity index (χ1n) is 5.57. The Morgan fingerprint density at radius 1 is 1.12 bits per heavy atom. The number of nitrogens with zero attached hydrogens (tertiary/aromatic N) is 1. The highest BCUT2D eigenvalue weighted by molar-refractivity contribution is 5.19. The number of rotatable bonds is 6. The van der Waals surface area contributed by atoms with Gasteiger partial charge in [0.05, 0.1) is 0 Å². The molecular formula is C12H17F3N2. The summed E-state index contributed by atoms with van der Waals surface area (Å²) in [5, 5.41) is 2.98. The van der Waals surface area contributed by atoms with E-state index in [0.717, 1.165) is 19.2 Å². The van der Waals surface area contributed by atoms with Gasteiger partial charge in [-0.2, -0.15) is 0 Å². The first kappa shape index (κ1) is 14.0. The van der Waals surface area contributed by atoms with Crippen LogP contribution in [0.25, 0.3) is 0 Å². The van der Waals surface area contributed by atoms with Gasteiger partial charge in [-0.3, -0.25) is 0 Å². The van der Waals surface area contributed by atoms with E-state index in [2.05, 4.69) is 10.2 Å². The fourth-order valence-corrected chi connectivity index (χ4v) is 1.35. The molecule has 0 saturated carbocycles. The summed E-state index contributed by atoms with van der Waals surface area (Å²) >= 11 is 0. The lowest BCUT2D eigenvalue weighted by atomic mass is 10.2. The summed E-state index contributed by atoms with van der Waals surface area (Å²) in [5.74, 6) is -2.90. The summed E-state index contributed by atoms with van der Waals surface area (Å²) in [7, 11) is 1.97. The second kappa shape index (κ2) is 6.61. The molecule has 0 amide bonds. The maximum Gasteiger partial charge on any atom is 0.161 e. The fourth-order valence-electron chi connectivity index (χ4n) is 1.35. The van der Waals surface area contributed by atoms with E-state index in [1.54, 1.807) is 0 Å². The molecule has 17 heavy (non-hydrogen) atoms. The SMILES string of the molecule is CCN(C)CCNCc1cc(F)c(F)cc1F. The molecule has 0 spiro atoms.